The maximum absolute atomic E-state index is 13.1. The van der Waals surface area contributed by atoms with E-state index in [9.17, 15) is 9.90 Å². The van der Waals surface area contributed by atoms with Gasteiger partial charge in [0, 0.05) is 44.1 Å². The summed E-state index contributed by atoms with van der Waals surface area (Å²) < 4.78 is 7.62. The quantitative estimate of drug-likeness (QED) is 0.665. The number of ether oxygens (including phenoxy) is 1. The van der Waals surface area contributed by atoms with Crippen molar-refractivity contribution in [2.45, 2.75) is 38.7 Å². The molecular formula is C22H26N6O3. The monoisotopic (exact) mass is 422 g/mol. The molecule has 3 aromatic rings. The van der Waals surface area contributed by atoms with Crippen LogP contribution in [0.2, 0.25) is 0 Å². The van der Waals surface area contributed by atoms with Crippen molar-refractivity contribution >= 4 is 23.1 Å². The van der Waals surface area contributed by atoms with Gasteiger partial charge in [0.05, 0.1) is 11.9 Å². The van der Waals surface area contributed by atoms with Crippen LogP contribution in [-0.2, 0) is 6.42 Å². The molecule has 5 rings (SSSR count). The lowest BCUT2D eigenvalue weighted by Gasteiger charge is -2.33. The lowest BCUT2D eigenvalue weighted by molar-refractivity contribution is 0.102. The van der Waals surface area contributed by atoms with Crippen LogP contribution in [0.4, 0.5) is 11.5 Å². The van der Waals surface area contributed by atoms with Gasteiger partial charge in [0.2, 0.25) is 5.88 Å². The van der Waals surface area contributed by atoms with E-state index in [-0.39, 0.29) is 18.1 Å². The van der Waals surface area contributed by atoms with Gasteiger partial charge in [-0.1, -0.05) is 0 Å². The number of hydrogen-bond acceptors (Lipinski definition) is 7. The normalized spacial score (nSPS) is 18.1. The predicted octanol–water partition coefficient (Wildman–Crippen LogP) is 2.30. The number of aromatic nitrogens is 4. The fraction of sp³-hybridized carbons (Fsp3) is 0.455. The Labute approximate surface area is 180 Å². The van der Waals surface area contributed by atoms with Crippen molar-refractivity contribution in [1.82, 2.24) is 19.6 Å². The number of fused-ring (bicyclic) bond motifs is 2. The van der Waals surface area contributed by atoms with Crippen molar-refractivity contribution < 1.29 is 14.6 Å². The number of carbonyl (C=O) groups is 1. The molecule has 0 atom stereocenters. The van der Waals surface area contributed by atoms with E-state index in [1.165, 1.54) is 6.20 Å². The van der Waals surface area contributed by atoms with Gasteiger partial charge in [0.25, 0.3) is 5.91 Å². The number of hydrogen-bond donors (Lipinski definition) is 2. The third kappa shape index (κ3) is 3.69. The summed E-state index contributed by atoms with van der Waals surface area (Å²) in [5.74, 6) is 1.36. The number of anilines is 2. The lowest BCUT2D eigenvalue weighted by Crippen LogP contribution is -2.36. The summed E-state index contributed by atoms with van der Waals surface area (Å²) in [5.41, 5.74) is 2.22. The molecule has 2 aliphatic rings. The van der Waals surface area contributed by atoms with Gasteiger partial charge in [-0.3, -0.25) is 4.79 Å². The first kappa shape index (κ1) is 19.7. The second kappa shape index (κ2) is 7.49. The van der Waals surface area contributed by atoms with Crippen LogP contribution in [0.25, 0.3) is 5.65 Å². The van der Waals surface area contributed by atoms with Crippen LogP contribution < -0.4 is 15.0 Å². The molecule has 5 heterocycles. The van der Waals surface area contributed by atoms with Crippen molar-refractivity contribution in [2.24, 2.45) is 5.92 Å². The summed E-state index contributed by atoms with van der Waals surface area (Å²) >= 11 is 0. The molecule has 9 nitrogen and oxygen atoms in total. The predicted molar refractivity (Wildman–Crippen MR) is 116 cm³/mol. The lowest BCUT2D eigenvalue weighted by atomic mass is 9.97. The molecule has 2 aliphatic heterocycles. The minimum Gasteiger partial charge on any atom is -0.471 e. The number of carbonyl (C=O) groups excluding carboxylic acids is 1. The maximum Gasteiger partial charge on any atom is 0.261 e. The van der Waals surface area contributed by atoms with Gasteiger partial charge in [-0.25, -0.2) is 9.50 Å². The molecule has 0 radical (unpaired) electrons. The Hall–Kier alpha value is -3.20. The largest absolute Gasteiger partial charge is 0.471 e. The molecule has 1 saturated heterocycles. The molecule has 2 N–H and O–H groups in total. The molecule has 0 aromatic carbocycles. The highest BCUT2D eigenvalue weighted by molar-refractivity contribution is 6.09. The fourth-order valence-electron chi connectivity index (χ4n) is 4.34. The average Bonchev–Trinajstić information content (AvgIpc) is 3.32. The van der Waals surface area contributed by atoms with E-state index >= 15 is 0 Å². The van der Waals surface area contributed by atoms with E-state index in [1.807, 2.05) is 19.9 Å². The average molecular weight is 422 g/mol. The van der Waals surface area contributed by atoms with Crippen molar-refractivity contribution in [2.75, 3.05) is 29.9 Å². The number of aliphatic hydroxyl groups excluding tert-OH is 1. The summed E-state index contributed by atoms with van der Waals surface area (Å²) in [5, 5.41) is 16.7. The summed E-state index contributed by atoms with van der Waals surface area (Å²) in [6.45, 7) is 5.80. The van der Waals surface area contributed by atoms with Crippen LogP contribution in [0.5, 0.6) is 5.88 Å². The third-order valence-corrected chi connectivity index (χ3v) is 5.98. The zero-order valence-corrected chi connectivity index (χ0v) is 17.7. The SMILES string of the molecule is CC1(C)Cc2cc(NC(=O)c3cnn4cccnc34)c(N3CCC(CO)CC3)nc2O1. The first-order valence-electron chi connectivity index (χ1n) is 10.6. The second-order valence-corrected chi connectivity index (χ2v) is 8.88. The number of nitrogens with zero attached hydrogens (tertiary/aromatic N) is 5. The zero-order chi connectivity index (χ0) is 21.6. The van der Waals surface area contributed by atoms with Crippen LogP contribution in [0, 0.1) is 5.92 Å². The summed E-state index contributed by atoms with van der Waals surface area (Å²) in [6, 6.07) is 3.74. The Morgan fingerprint density at radius 1 is 1.35 bits per heavy atom. The molecule has 0 unspecified atom stereocenters. The van der Waals surface area contributed by atoms with Crippen molar-refractivity contribution in [3.8, 4) is 5.88 Å². The molecule has 9 heteroatoms. The highest BCUT2D eigenvalue weighted by atomic mass is 16.5. The van der Waals surface area contributed by atoms with E-state index in [1.54, 1.807) is 23.0 Å². The summed E-state index contributed by atoms with van der Waals surface area (Å²) in [7, 11) is 0. The van der Waals surface area contributed by atoms with Gasteiger partial charge < -0.3 is 20.1 Å². The van der Waals surface area contributed by atoms with Crippen molar-refractivity contribution in [1.29, 1.82) is 0 Å². The van der Waals surface area contributed by atoms with E-state index in [0.29, 0.717) is 34.5 Å². The number of aliphatic hydroxyl groups is 1. The number of piperidine rings is 1. The molecule has 0 bridgehead atoms. The van der Waals surface area contributed by atoms with Gasteiger partial charge in [0.15, 0.2) is 11.5 Å². The van der Waals surface area contributed by atoms with Crippen LogP contribution in [0.1, 0.15) is 42.6 Å². The molecule has 0 aliphatic carbocycles. The molecule has 0 spiro atoms. The van der Waals surface area contributed by atoms with Crippen LogP contribution in [0.15, 0.2) is 30.7 Å². The molecule has 3 aromatic heterocycles. The van der Waals surface area contributed by atoms with E-state index in [0.717, 1.165) is 37.9 Å². The van der Waals surface area contributed by atoms with E-state index in [4.69, 9.17) is 9.72 Å². The molecule has 1 amide bonds. The first-order valence-corrected chi connectivity index (χ1v) is 10.6. The maximum atomic E-state index is 13.1. The van der Waals surface area contributed by atoms with Crippen LogP contribution >= 0.6 is 0 Å². The van der Waals surface area contributed by atoms with Crippen LogP contribution in [-0.4, -0.2) is 55.9 Å². The Morgan fingerprint density at radius 2 is 2.16 bits per heavy atom. The number of amides is 1. The van der Waals surface area contributed by atoms with E-state index < -0.39 is 0 Å². The Kier molecular flexibility index (Phi) is 4.77. The standard InChI is InChI=1S/C22H26N6O3/c1-22(2)11-15-10-17(25-20(30)16-12-24-28-7-3-6-23-18(16)28)19(26-21(15)31-22)27-8-4-14(13-29)5-9-27/h3,6-7,10,12,14,29H,4-5,8-9,11,13H2,1-2H3,(H,25,30). The fourth-order valence-corrected chi connectivity index (χ4v) is 4.34. The highest BCUT2D eigenvalue weighted by Crippen LogP contribution is 2.39. The molecule has 31 heavy (non-hydrogen) atoms. The van der Waals surface area contributed by atoms with E-state index in [2.05, 4.69) is 20.3 Å². The number of nitrogens with one attached hydrogen (secondary N) is 1. The Balaban J connectivity index is 1.49. The van der Waals surface area contributed by atoms with Gasteiger partial charge in [-0.05, 0) is 44.7 Å². The topological polar surface area (TPSA) is 105 Å². The smallest absolute Gasteiger partial charge is 0.261 e. The van der Waals surface area contributed by atoms with Crippen molar-refractivity contribution in [3.05, 3.63) is 41.9 Å². The molecule has 0 saturated carbocycles. The zero-order valence-electron chi connectivity index (χ0n) is 17.7. The number of pyridine rings is 1. The molecule has 1 fully saturated rings. The van der Waals surface area contributed by atoms with Gasteiger partial charge >= 0.3 is 0 Å². The third-order valence-electron chi connectivity index (χ3n) is 5.98. The number of rotatable bonds is 4. The Bertz CT molecular complexity index is 1130. The van der Waals surface area contributed by atoms with Gasteiger partial charge in [-0.15, -0.1) is 0 Å². The van der Waals surface area contributed by atoms with Crippen LogP contribution in [0.3, 0.4) is 0 Å². The summed E-state index contributed by atoms with van der Waals surface area (Å²) in [6.07, 6.45) is 7.41. The Morgan fingerprint density at radius 3 is 2.94 bits per heavy atom. The summed E-state index contributed by atoms with van der Waals surface area (Å²) in [4.78, 5) is 24.4. The highest BCUT2D eigenvalue weighted by Gasteiger charge is 2.34. The second-order valence-electron chi connectivity index (χ2n) is 8.88. The van der Waals surface area contributed by atoms with Gasteiger partial charge in [-0.2, -0.15) is 10.1 Å². The first-order chi connectivity index (χ1) is 14.9. The minimum absolute atomic E-state index is 0.202. The molecule has 162 valence electrons. The van der Waals surface area contributed by atoms with Crippen molar-refractivity contribution in [3.63, 3.8) is 0 Å². The minimum atomic E-state index is -0.328. The van der Waals surface area contributed by atoms with Gasteiger partial charge in [0.1, 0.15) is 11.2 Å². The molecular weight excluding hydrogens is 396 g/mol.